The summed E-state index contributed by atoms with van der Waals surface area (Å²) in [5.41, 5.74) is 7.50. The maximum absolute atomic E-state index is 6.14. The fraction of sp³-hybridized carbons (Fsp3) is 0.400. The molecule has 2 unspecified atom stereocenters. The van der Waals surface area contributed by atoms with Crippen molar-refractivity contribution in [3.8, 4) is 0 Å². The van der Waals surface area contributed by atoms with E-state index >= 15 is 0 Å². The first kappa shape index (κ1) is 14.2. The first-order valence-corrected chi connectivity index (χ1v) is 7.56. The van der Waals surface area contributed by atoms with E-state index in [1.165, 1.54) is 5.56 Å². The van der Waals surface area contributed by atoms with E-state index in [1.807, 2.05) is 17.6 Å². The molecule has 2 rings (SSSR count). The van der Waals surface area contributed by atoms with Gasteiger partial charge in [0.05, 0.1) is 6.04 Å². The van der Waals surface area contributed by atoms with Crippen molar-refractivity contribution in [1.82, 2.24) is 10.3 Å². The average Bonchev–Trinajstić information content (AvgIpc) is 2.98. The Hall–Kier alpha value is -1.23. The molecule has 2 atom stereocenters. The van der Waals surface area contributed by atoms with Crippen LogP contribution in [0.2, 0.25) is 0 Å². The number of rotatable bonds is 7. The molecule has 0 saturated carbocycles. The van der Waals surface area contributed by atoms with Gasteiger partial charge in [0.25, 0.3) is 0 Å². The molecule has 3 N–H and O–H groups in total. The van der Waals surface area contributed by atoms with E-state index in [0.717, 1.165) is 24.4 Å². The Morgan fingerprint density at radius 3 is 2.79 bits per heavy atom. The monoisotopic (exact) mass is 275 g/mol. The molecule has 0 aliphatic carbocycles. The van der Waals surface area contributed by atoms with E-state index in [9.17, 15) is 0 Å². The van der Waals surface area contributed by atoms with Crippen molar-refractivity contribution in [1.29, 1.82) is 0 Å². The number of hydrogen-bond donors (Lipinski definition) is 2. The zero-order chi connectivity index (χ0) is 13.5. The summed E-state index contributed by atoms with van der Waals surface area (Å²) < 4.78 is 0. The molecule has 102 valence electrons. The minimum Gasteiger partial charge on any atom is -0.327 e. The van der Waals surface area contributed by atoms with Crippen LogP contribution < -0.4 is 11.1 Å². The topological polar surface area (TPSA) is 50.9 Å². The first-order chi connectivity index (χ1) is 9.25. The molecule has 0 fully saturated rings. The second-order valence-corrected chi connectivity index (χ2v) is 5.71. The van der Waals surface area contributed by atoms with Gasteiger partial charge in [0.1, 0.15) is 5.01 Å². The van der Waals surface area contributed by atoms with Gasteiger partial charge in [-0.15, -0.1) is 11.3 Å². The van der Waals surface area contributed by atoms with Crippen LogP contribution in [0.25, 0.3) is 0 Å². The van der Waals surface area contributed by atoms with Gasteiger partial charge in [-0.2, -0.15) is 0 Å². The number of hydrogen-bond acceptors (Lipinski definition) is 4. The quantitative estimate of drug-likeness (QED) is 0.817. The molecule has 3 nitrogen and oxygen atoms in total. The van der Waals surface area contributed by atoms with Crippen molar-refractivity contribution in [2.75, 3.05) is 6.54 Å². The van der Waals surface area contributed by atoms with Gasteiger partial charge in [-0.1, -0.05) is 30.3 Å². The molecule has 0 amide bonds. The highest BCUT2D eigenvalue weighted by atomic mass is 32.1. The molecule has 2 aromatic rings. The van der Waals surface area contributed by atoms with Crippen molar-refractivity contribution in [2.24, 2.45) is 5.73 Å². The number of thiazole rings is 1. The number of nitrogens with one attached hydrogen (secondary N) is 1. The summed E-state index contributed by atoms with van der Waals surface area (Å²) in [5, 5.41) is 6.57. The molecule has 19 heavy (non-hydrogen) atoms. The second kappa shape index (κ2) is 7.38. The Kier molecular flexibility index (Phi) is 5.51. The molecule has 0 radical (unpaired) electrons. The Balaban J connectivity index is 1.69. The average molecular weight is 275 g/mol. The largest absolute Gasteiger partial charge is 0.327 e. The zero-order valence-corrected chi connectivity index (χ0v) is 12.1. The highest BCUT2D eigenvalue weighted by molar-refractivity contribution is 7.09. The molecule has 0 aliphatic rings. The summed E-state index contributed by atoms with van der Waals surface area (Å²) in [6, 6.07) is 11.0. The van der Waals surface area contributed by atoms with E-state index < -0.39 is 0 Å². The highest BCUT2D eigenvalue weighted by Gasteiger charge is 2.09. The fourth-order valence-electron chi connectivity index (χ4n) is 1.96. The van der Waals surface area contributed by atoms with Crippen LogP contribution in [-0.4, -0.2) is 17.6 Å². The van der Waals surface area contributed by atoms with E-state index in [0.29, 0.717) is 0 Å². The molecular formula is C15H21N3S. The third-order valence-electron chi connectivity index (χ3n) is 3.15. The van der Waals surface area contributed by atoms with Crippen LogP contribution >= 0.6 is 11.3 Å². The number of aromatic nitrogens is 1. The van der Waals surface area contributed by atoms with Crippen LogP contribution in [0, 0.1) is 0 Å². The van der Waals surface area contributed by atoms with E-state index in [4.69, 9.17) is 5.73 Å². The predicted molar refractivity (Wildman–Crippen MR) is 81.3 cm³/mol. The number of aryl methyl sites for hydroxylation is 1. The van der Waals surface area contributed by atoms with Gasteiger partial charge >= 0.3 is 0 Å². The number of benzene rings is 1. The van der Waals surface area contributed by atoms with Crippen LogP contribution in [0.15, 0.2) is 41.9 Å². The third-order valence-corrected chi connectivity index (χ3v) is 4.11. The van der Waals surface area contributed by atoms with Crippen LogP contribution in [0.5, 0.6) is 0 Å². The molecule has 0 spiro atoms. The van der Waals surface area contributed by atoms with Gasteiger partial charge in [-0.25, -0.2) is 4.98 Å². The lowest BCUT2D eigenvalue weighted by Gasteiger charge is -2.16. The summed E-state index contributed by atoms with van der Waals surface area (Å²) in [4.78, 5) is 4.30. The molecule has 0 bridgehead atoms. The van der Waals surface area contributed by atoms with Crippen molar-refractivity contribution >= 4 is 11.3 Å². The second-order valence-electron chi connectivity index (χ2n) is 4.78. The minimum atomic E-state index is 0.183. The lowest BCUT2D eigenvalue weighted by atomic mass is 10.1. The van der Waals surface area contributed by atoms with Crippen LogP contribution in [0.4, 0.5) is 0 Å². The summed E-state index contributed by atoms with van der Waals surface area (Å²) >= 11 is 1.68. The fourth-order valence-corrected chi connectivity index (χ4v) is 2.63. The first-order valence-electron chi connectivity index (χ1n) is 6.68. The van der Waals surface area contributed by atoms with Crippen LogP contribution in [-0.2, 0) is 6.42 Å². The van der Waals surface area contributed by atoms with E-state index in [-0.39, 0.29) is 12.1 Å². The predicted octanol–water partition coefficient (Wildman–Crippen LogP) is 2.75. The molecule has 0 aliphatic heterocycles. The molecule has 1 aromatic heterocycles. The normalized spacial score (nSPS) is 14.2. The van der Waals surface area contributed by atoms with E-state index in [2.05, 4.69) is 41.5 Å². The van der Waals surface area contributed by atoms with Gasteiger partial charge in [-0.3, -0.25) is 0 Å². The molecule has 0 saturated heterocycles. The van der Waals surface area contributed by atoms with Crippen molar-refractivity contribution < 1.29 is 0 Å². The Labute approximate surface area is 118 Å². The maximum atomic E-state index is 6.14. The number of nitrogens with zero attached hydrogens (tertiary/aromatic N) is 1. The minimum absolute atomic E-state index is 0.183. The van der Waals surface area contributed by atoms with E-state index in [1.54, 1.807) is 11.3 Å². The summed E-state index contributed by atoms with van der Waals surface area (Å²) in [6.45, 7) is 2.95. The Morgan fingerprint density at radius 2 is 2.11 bits per heavy atom. The maximum Gasteiger partial charge on any atom is 0.109 e. The van der Waals surface area contributed by atoms with Crippen LogP contribution in [0.1, 0.15) is 30.0 Å². The molecule has 1 heterocycles. The van der Waals surface area contributed by atoms with Gasteiger partial charge < -0.3 is 11.1 Å². The Morgan fingerprint density at radius 1 is 1.32 bits per heavy atom. The van der Waals surface area contributed by atoms with Crippen molar-refractivity contribution in [3.05, 3.63) is 52.5 Å². The van der Waals surface area contributed by atoms with Gasteiger partial charge in [0.2, 0.25) is 0 Å². The third kappa shape index (κ3) is 4.74. The lowest BCUT2D eigenvalue weighted by molar-refractivity contribution is 0.496. The highest BCUT2D eigenvalue weighted by Crippen LogP contribution is 2.14. The lowest BCUT2D eigenvalue weighted by Crippen LogP contribution is -2.35. The number of nitrogens with two attached hydrogens (primary N) is 1. The summed E-state index contributed by atoms with van der Waals surface area (Å²) in [7, 11) is 0. The zero-order valence-electron chi connectivity index (χ0n) is 11.3. The van der Waals surface area contributed by atoms with Gasteiger partial charge in [0.15, 0.2) is 0 Å². The molecule has 1 aromatic carbocycles. The molecule has 4 heteroatoms. The SMILES string of the molecule is CC(NCC(N)CCc1ccccc1)c1nccs1. The standard InChI is InChI=1S/C15H21N3S/c1-12(15-17-9-10-19-15)18-11-14(16)8-7-13-5-3-2-4-6-13/h2-6,9-10,12,14,18H,7-8,11,16H2,1H3. The smallest absolute Gasteiger partial charge is 0.109 e. The van der Waals surface area contributed by atoms with Crippen molar-refractivity contribution in [2.45, 2.75) is 31.8 Å². The van der Waals surface area contributed by atoms with Gasteiger partial charge in [-0.05, 0) is 25.3 Å². The molecular weight excluding hydrogens is 254 g/mol. The summed E-state index contributed by atoms with van der Waals surface area (Å²) in [5.74, 6) is 0. The summed E-state index contributed by atoms with van der Waals surface area (Å²) in [6.07, 6.45) is 3.88. The Bertz CT molecular complexity index is 456. The van der Waals surface area contributed by atoms with Gasteiger partial charge in [0, 0.05) is 24.2 Å². The van der Waals surface area contributed by atoms with Crippen LogP contribution in [0.3, 0.4) is 0 Å². The van der Waals surface area contributed by atoms with Crippen molar-refractivity contribution in [3.63, 3.8) is 0 Å².